The van der Waals surface area contributed by atoms with Crippen LogP contribution in [0.2, 0.25) is 0 Å². The van der Waals surface area contributed by atoms with Crippen LogP contribution < -0.4 is 5.73 Å². The van der Waals surface area contributed by atoms with Gasteiger partial charge in [-0.1, -0.05) is 32.3 Å². The molecule has 19 heavy (non-hydrogen) atoms. The van der Waals surface area contributed by atoms with Crippen molar-refractivity contribution in [2.45, 2.75) is 58.9 Å². The minimum Gasteiger partial charge on any atom is -0.324 e. The average Bonchev–Trinajstić information content (AvgIpc) is 2.37. The molecule has 0 radical (unpaired) electrons. The Kier molecular flexibility index (Phi) is 4.62. The van der Waals surface area contributed by atoms with Crippen molar-refractivity contribution in [3.8, 4) is 0 Å². The fourth-order valence-corrected chi connectivity index (χ4v) is 3.54. The first-order valence-corrected chi connectivity index (χ1v) is 7.55. The van der Waals surface area contributed by atoms with Crippen LogP contribution in [-0.2, 0) is 0 Å². The normalized spacial score (nSPS) is 25.3. The Morgan fingerprint density at radius 2 is 1.84 bits per heavy atom. The van der Waals surface area contributed by atoms with Gasteiger partial charge in [-0.15, -0.1) is 0 Å². The summed E-state index contributed by atoms with van der Waals surface area (Å²) >= 11 is 0. The van der Waals surface area contributed by atoms with E-state index in [0.717, 1.165) is 35.4 Å². The molecule has 0 amide bonds. The molecule has 0 bridgehead atoms. The van der Waals surface area contributed by atoms with Crippen molar-refractivity contribution in [2.24, 2.45) is 17.6 Å². The first kappa shape index (κ1) is 14.5. The van der Waals surface area contributed by atoms with Gasteiger partial charge < -0.3 is 5.73 Å². The van der Waals surface area contributed by atoms with E-state index in [0.29, 0.717) is 5.92 Å². The number of aryl methyl sites for hydroxylation is 2. The van der Waals surface area contributed by atoms with E-state index in [-0.39, 0.29) is 11.9 Å². The molecule has 1 aromatic carbocycles. The van der Waals surface area contributed by atoms with E-state index in [1.165, 1.54) is 19.3 Å². The van der Waals surface area contributed by atoms with Crippen LogP contribution in [0.3, 0.4) is 0 Å². The quantitative estimate of drug-likeness (QED) is 0.843. The van der Waals surface area contributed by atoms with Crippen molar-refractivity contribution >= 4 is 0 Å². The van der Waals surface area contributed by atoms with Crippen LogP contribution in [0.4, 0.5) is 4.39 Å². The molecule has 1 atom stereocenters. The maximum absolute atomic E-state index is 14.2. The molecule has 0 aliphatic heterocycles. The molecule has 1 aliphatic rings. The molecule has 0 heterocycles. The fourth-order valence-electron chi connectivity index (χ4n) is 3.54. The Labute approximate surface area is 116 Å². The third-order valence-electron chi connectivity index (χ3n) is 4.79. The van der Waals surface area contributed by atoms with Crippen LogP contribution >= 0.6 is 0 Å². The summed E-state index contributed by atoms with van der Waals surface area (Å²) in [7, 11) is 0. The monoisotopic (exact) mass is 263 g/mol. The molecule has 0 aromatic heterocycles. The Hall–Kier alpha value is -0.890. The molecule has 1 aliphatic carbocycles. The Morgan fingerprint density at radius 3 is 2.37 bits per heavy atom. The lowest BCUT2D eigenvalue weighted by Gasteiger charge is -2.32. The minimum absolute atomic E-state index is 0.123. The summed E-state index contributed by atoms with van der Waals surface area (Å²) in [5.41, 5.74) is 9.08. The SMILES string of the molecule is CCC1CCC(C(N)c2c(C)cc(C)cc2F)CC1. The lowest BCUT2D eigenvalue weighted by Crippen LogP contribution is -2.27. The molecule has 1 fully saturated rings. The van der Waals surface area contributed by atoms with Gasteiger partial charge in [0, 0.05) is 11.6 Å². The number of benzene rings is 1. The highest BCUT2D eigenvalue weighted by atomic mass is 19.1. The molecular weight excluding hydrogens is 237 g/mol. The van der Waals surface area contributed by atoms with Crippen molar-refractivity contribution in [2.75, 3.05) is 0 Å². The lowest BCUT2D eigenvalue weighted by molar-refractivity contribution is 0.237. The first-order chi connectivity index (χ1) is 9.02. The Balaban J connectivity index is 2.14. The van der Waals surface area contributed by atoms with Gasteiger partial charge in [-0.3, -0.25) is 0 Å². The van der Waals surface area contributed by atoms with Crippen LogP contribution in [-0.4, -0.2) is 0 Å². The van der Waals surface area contributed by atoms with Crippen molar-refractivity contribution in [1.82, 2.24) is 0 Å². The topological polar surface area (TPSA) is 26.0 Å². The van der Waals surface area contributed by atoms with E-state index >= 15 is 0 Å². The molecule has 2 heteroatoms. The fraction of sp³-hybridized carbons (Fsp3) is 0.647. The highest BCUT2D eigenvalue weighted by molar-refractivity contribution is 5.34. The standard InChI is InChI=1S/C17H26FN/c1-4-13-5-7-14(8-6-13)17(19)16-12(3)9-11(2)10-15(16)18/h9-10,13-14,17H,4-8,19H2,1-3H3. The van der Waals surface area contributed by atoms with E-state index in [1.54, 1.807) is 6.07 Å². The summed E-state index contributed by atoms with van der Waals surface area (Å²) < 4.78 is 14.2. The molecule has 1 aromatic rings. The summed E-state index contributed by atoms with van der Waals surface area (Å²) in [4.78, 5) is 0. The maximum Gasteiger partial charge on any atom is 0.128 e. The van der Waals surface area contributed by atoms with E-state index < -0.39 is 0 Å². The molecule has 0 spiro atoms. The van der Waals surface area contributed by atoms with E-state index in [2.05, 4.69) is 6.92 Å². The Bertz CT molecular complexity index is 410. The second-order valence-electron chi connectivity index (χ2n) is 6.19. The highest BCUT2D eigenvalue weighted by Gasteiger charge is 2.28. The predicted molar refractivity (Wildman–Crippen MR) is 78.5 cm³/mol. The van der Waals surface area contributed by atoms with Crippen LogP contribution in [0.15, 0.2) is 12.1 Å². The second kappa shape index (κ2) is 6.04. The molecule has 2 rings (SSSR count). The third kappa shape index (κ3) is 3.17. The zero-order chi connectivity index (χ0) is 14.0. The van der Waals surface area contributed by atoms with Gasteiger partial charge >= 0.3 is 0 Å². The van der Waals surface area contributed by atoms with Gasteiger partial charge in [0.2, 0.25) is 0 Å². The minimum atomic E-state index is -0.140. The van der Waals surface area contributed by atoms with Gasteiger partial charge in [0.1, 0.15) is 5.82 Å². The molecular formula is C17H26FN. The summed E-state index contributed by atoms with van der Waals surface area (Å²) in [5, 5.41) is 0. The third-order valence-corrected chi connectivity index (χ3v) is 4.79. The number of hydrogen-bond acceptors (Lipinski definition) is 1. The van der Waals surface area contributed by atoms with Gasteiger partial charge in [0.25, 0.3) is 0 Å². The number of rotatable bonds is 3. The number of nitrogens with two attached hydrogens (primary N) is 1. The number of hydrogen-bond donors (Lipinski definition) is 1. The van der Waals surface area contributed by atoms with Gasteiger partial charge in [-0.05, 0) is 55.7 Å². The van der Waals surface area contributed by atoms with Crippen LogP contribution in [0.1, 0.15) is 61.8 Å². The van der Waals surface area contributed by atoms with E-state index in [9.17, 15) is 4.39 Å². The molecule has 1 nitrogen and oxygen atoms in total. The second-order valence-corrected chi connectivity index (χ2v) is 6.19. The van der Waals surface area contributed by atoms with Gasteiger partial charge in [-0.25, -0.2) is 4.39 Å². The smallest absolute Gasteiger partial charge is 0.128 e. The highest BCUT2D eigenvalue weighted by Crippen LogP contribution is 2.38. The Morgan fingerprint density at radius 1 is 1.21 bits per heavy atom. The van der Waals surface area contributed by atoms with Crippen molar-refractivity contribution in [3.05, 3.63) is 34.6 Å². The molecule has 2 N–H and O–H groups in total. The largest absolute Gasteiger partial charge is 0.324 e. The van der Waals surface area contributed by atoms with Crippen LogP contribution in [0, 0.1) is 31.5 Å². The van der Waals surface area contributed by atoms with Gasteiger partial charge in [-0.2, -0.15) is 0 Å². The predicted octanol–water partition coefficient (Wildman–Crippen LogP) is 4.66. The summed E-state index contributed by atoms with van der Waals surface area (Å²) in [6.45, 7) is 6.16. The van der Waals surface area contributed by atoms with Gasteiger partial charge in [0.05, 0.1) is 0 Å². The maximum atomic E-state index is 14.2. The summed E-state index contributed by atoms with van der Waals surface area (Å²) in [5.74, 6) is 1.17. The van der Waals surface area contributed by atoms with E-state index in [1.807, 2.05) is 19.9 Å². The van der Waals surface area contributed by atoms with E-state index in [4.69, 9.17) is 5.73 Å². The van der Waals surface area contributed by atoms with Crippen molar-refractivity contribution in [3.63, 3.8) is 0 Å². The van der Waals surface area contributed by atoms with Gasteiger partial charge in [0.15, 0.2) is 0 Å². The van der Waals surface area contributed by atoms with Crippen LogP contribution in [0.25, 0.3) is 0 Å². The zero-order valence-corrected chi connectivity index (χ0v) is 12.4. The zero-order valence-electron chi connectivity index (χ0n) is 12.4. The number of halogens is 1. The molecule has 0 saturated heterocycles. The molecule has 1 saturated carbocycles. The molecule has 1 unspecified atom stereocenters. The molecule has 106 valence electrons. The average molecular weight is 263 g/mol. The summed E-state index contributed by atoms with van der Waals surface area (Å²) in [6, 6.07) is 3.51. The lowest BCUT2D eigenvalue weighted by atomic mass is 9.75. The van der Waals surface area contributed by atoms with Crippen molar-refractivity contribution in [1.29, 1.82) is 0 Å². The summed E-state index contributed by atoms with van der Waals surface area (Å²) in [6.07, 6.45) is 6.06. The van der Waals surface area contributed by atoms with Crippen molar-refractivity contribution < 1.29 is 4.39 Å². The van der Waals surface area contributed by atoms with Crippen LogP contribution in [0.5, 0.6) is 0 Å². The first-order valence-electron chi connectivity index (χ1n) is 7.55.